The topological polar surface area (TPSA) is 167 Å². The van der Waals surface area contributed by atoms with Gasteiger partial charge in [0.15, 0.2) is 0 Å². The summed E-state index contributed by atoms with van der Waals surface area (Å²) in [6, 6.07) is 8.42. The number of aliphatic hydroxyl groups excluding tert-OH is 2. The molecule has 5 N–H and O–H groups in total. The molecular formula is C28H35N5O6S2. The number of nitrogens with one attached hydrogen (secondary N) is 1. The number of amides is 1. The second kappa shape index (κ2) is 13.5. The van der Waals surface area contributed by atoms with Gasteiger partial charge in [-0.3, -0.25) is 0 Å². The number of allylic oxidation sites excluding steroid dienone is 5. The Kier molecular flexibility index (Phi) is 10.1. The molecule has 2 aromatic rings. The molecule has 0 spiro atoms. The van der Waals surface area contributed by atoms with Gasteiger partial charge in [-0.05, 0) is 30.1 Å². The van der Waals surface area contributed by atoms with Crippen molar-refractivity contribution >= 4 is 33.2 Å². The van der Waals surface area contributed by atoms with E-state index in [2.05, 4.69) is 15.3 Å². The first-order chi connectivity index (χ1) is 19.5. The molecule has 0 bridgehead atoms. The Morgan fingerprint density at radius 3 is 2.66 bits per heavy atom. The molecule has 2 atom stereocenters. The van der Waals surface area contributed by atoms with Crippen LogP contribution in [0.15, 0.2) is 75.2 Å². The van der Waals surface area contributed by atoms with E-state index in [0.29, 0.717) is 22.2 Å². The molecule has 4 rings (SSSR count). The number of thiazole rings is 1. The van der Waals surface area contributed by atoms with Gasteiger partial charge in [-0.15, -0.1) is 11.3 Å². The number of aromatic nitrogens is 1. The van der Waals surface area contributed by atoms with Crippen LogP contribution in [0.25, 0.3) is 0 Å². The van der Waals surface area contributed by atoms with Crippen LogP contribution in [0.2, 0.25) is 0 Å². The van der Waals surface area contributed by atoms with Crippen LogP contribution in [0.3, 0.4) is 0 Å². The Balaban J connectivity index is 1.50. The van der Waals surface area contributed by atoms with Gasteiger partial charge in [0.2, 0.25) is 10.0 Å². The van der Waals surface area contributed by atoms with E-state index in [1.54, 1.807) is 23.6 Å². The number of fused-ring (bicyclic) bond motifs is 1. The van der Waals surface area contributed by atoms with E-state index in [0.717, 1.165) is 11.1 Å². The van der Waals surface area contributed by atoms with Gasteiger partial charge < -0.3 is 26.0 Å². The molecule has 2 aliphatic rings. The molecule has 1 aliphatic heterocycles. The molecule has 1 aliphatic carbocycles. The molecule has 41 heavy (non-hydrogen) atoms. The predicted octanol–water partition coefficient (Wildman–Crippen LogP) is 2.59. The lowest BCUT2D eigenvalue weighted by Gasteiger charge is -2.31. The van der Waals surface area contributed by atoms with Crippen molar-refractivity contribution in [1.29, 1.82) is 0 Å². The highest BCUT2D eigenvalue weighted by Gasteiger charge is 2.34. The molecule has 0 saturated heterocycles. The quantitative estimate of drug-likeness (QED) is 0.272. The summed E-state index contributed by atoms with van der Waals surface area (Å²) in [5, 5.41) is 25.5. The molecule has 0 saturated carbocycles. The van der Waals surface area contributed by atoms with Crippen LogP contribution in [0, 0.1) is 5.92 Å². The maximum absolute atomic E-state index is 13.8. The fourth-order valence-corrected chi connectivity index (χ4v) is 6.89. The van der Waals surface area contributed by atoms with Crippen molar-refractivity contribution in [3.63, 3.8) is 0 Å². The minimum atomic E-state index is -3.98. The summed E-state index contributed by atoms with van der Waals surface area (Å²) in [7, 11) is -3.98. The van der Waals surface area contributed by atoms with E-state index >= 15 is 0 Å². The summed E-state index contributed by atoms with van der Waals surface area (Å²) in [5.41, 5.74) is 8.51. The van der Waals surface area contributed by atoms with Gasteiger partial charge in [-0.25, -0.2) is 23.2 Å². The second-order valence-electron chi connectivity index (χ2n) is 10.3. The fraction of sp³-hybridized carbons (Fsp3) is 0.393. The lowest BCUT2D eigenvalue weighted by Crippen LogP contribution is -2.51. The lowest BCUT2D eigenvalue weighted by atomic mass is 10.0. The van der Waals surface area contributed by atoms with Gasteiger partial charge >= 0.3 is 6.09 Å². The summed E-state index contributed by atoms with van der Waals surface area (Å²) in [5.74, 6) is 0.305. The van der Waals surface area contributed by atoms with Crippen LogP contribution in [-0.2, 0) is 34.4 Å². The van der Waals surface area contributed by atoms with Crippen LogP contribution in [0.5, 0.6) is 0 Å². The number of carbonyl (C=O) groups excluding carboxylic acids is 1. The third-order valence-corrected chi connectivity index (χ3v) is 9.28. The van der Waals surface area contributed by atoms with Gasteiger partial charge in [0.1, 0.15) is 17.4 Å². The summed E-state index contributed by atoms with van der Waals surface area (Å²) in [6.07, 6.45) is 3.24. The fourth-order valence-electron chi connectivity index (χ4n) is 4.52. The first-order valence-electron chi connectivity index (χ1n) is 13.2. The molecule has 2 unspecified atom stereocenters. The Bertz CT molecular complexity index is 1460. The molecule has 220 valence electrons. The van der Waals surface area contributed by atoms with Crippen LogP contribution >= 0.6 is 11.3 Å². The number of carbonyl (C=O) groups is 1. The number of alkyl carbamates (subject to hydrolysis) is 1. The highest BCUT2D eigenvalue weighted by atomic mass is 32.2. The zero-order valence-corrected chi connectivity index (χ0v) is 24.6. The largest absolute Gasteiger partial charge is 0.443 e. The Morgan fingerprint density at radius 1 is 1.22 bits per heavy atom. The number of benzene rings is 1. The smallest absolute Gasteiger partial charge is 0.407 e. The average Bonchev–Trinajstić information content (AvgIpc) is 3.56. The van der Waals surface area contributed by atoms with E-state index < -0.39 is 28.3 Å². The van der Waals surface area contributed by atoms with E-state index in [-0.39, 0.29) is 50.0 Å². The number of hydrogen-bond donors (Lipinski definition) is 4. The summed E-state index contributed by atoms with van der Waals surface area (Å²) in [6.45, 7) is 3.39. The Labute approximate surface area is 243 Å². The molecule has 0 radical (unpaired) electrons. The van der Waals surface area contributed by atoms with Crippen molar-refractivity contribution in [2.45, 2.75) is 52.0 Å². The molecule has 0 fully saturated rings. The highest BCUT2D eigenvalue weighted by Crippen LogP contribution is 2.29. The molecule has 2 heterocycles. The van der Waals surface area contributed by atoms with E-state index in [1.165, 1.54) is 15.6 Å². The number of aliphatic hydroxyl groups is 2. The van der Waals surface area contributed by atoms with Gasteiger partial charge in [0.05, 0.1) is 35.1 Å². The monoisotopic (exact) mass is 601 g/mol. The molecule has 11 nitrogen and oxygen atoms in total. The van der Waals surface area contributed by atoms with E-state index in [9.17, 15) is 23.4 Å². The minimum Gasteiger partial charge on any atom is -0.443 e. The molecule has 13 heteroatoms. The van der Waals surface area contributed by atoms with Crippen LogP contribution in [0.1, 0.15) is 36.5 Å². The number of ether oxygens (including phenoxy) is 1. The minimum absolute atomic E-state index is 0.0270. The first-order valence-corrected chi connectivity index (χ1v) is 15.5. The zero-order valence-electron chi connectivity index (χ0n) is 22.9. The van der Waals surface area contributed by atoms with Crippen molar-refractivity contribution in [2.75, 3.05) is 13.1 Å². The van der Waals surface area contributed by atoms with E-state index in [1.807, 2.05) is 44.2 Å². The number of aliphatic imine (C=N–C) groups is 1. The number of nitrogens with zero attached hydrogens (tertiary/aromatic N) is 3. The predicted molar refractivity (Wildman–Crippen MR) is 157 cm³/mol. The van der Waals surface area contributed by atoms with Crippen LogP contribution in [-0.4, -0.2) is 65.0 Å². The standard InChI is InChI=1S/C28H35N5O6S2/c1-18(2)13-33(41(37,38)22-9-8-20-11-26(29)31-23(20)12-22)14-25(35)24(10-19-6-4-3-5-7-19)32-28(36)39-16-21-17-40-27(15-34)30-21/h3-9,11,17-18,24-25,34-35H,10,12-16,29H2,1-2H3,(H,32,36). The van der Waals surface area contributed by atoms with Crippen LogP contribution < -0.4 is 11.1 Å². The van der Waals surface area contributed by atoms with Gasteiger partial charge in [-0.1, -0.05) is 50.3 Å². The second-order valence-corrected chi connectivity index (χ2v) is 13.2. The molecule has 1 aromatic carbocycles. The summed E-state index contributed by atoms with van der Waals surface area (Å²) in [4.78, 5) is 21.3. The third-order valence-electron chi connectivity index (χ3n) is 6.47. The van der Waals surface area contributed by atoms with Crippen molar-refractivity contribution in [3.8, 4) is 0 Å². The SMILES string of the molecule is CC(C)CN(CC(O)C(Cc1ccccc1)NC(=O)OCc1csc(CO)n1)S(=O)(=O)C1=CC=C2C=C(N)N=C2C1. The maximum atomic E-state index is 13.8. The number of rotatable bonds is 13. The van der Waals surface area contributed by atoms with Crippen molar-refractivity contribution in [1.82, 2.24) is 14.6 Å². The van der Waals surface area contributed by atoms with Crippen LogP contribution in [0.4, 0.5) is 4.79 Å². The lowest BCUT2D eigenvalue weighted by molar-refractivity contribution is 0.0871. The van der Waals surface area contributed by atoms with Gasteiger partial charge in [0.25, 0.3) is 0 Å². The molecule has 1 amide bonds. The number of sulfonamides is 1. The average molecular weight is 602 g/mol. The number of nitrogens with two attached hydrogens (primary N) is 1. The highest BCUT2D eigenvalue weighted by molar-refractivity contribution is 7.93. The first kappa shape index (κ1) is 30.6. The van der Waals surface area contributed by atoms with Gasteiger partial charge in [0, 0.05) is 30.5 Å². The van der Waals surface area contributed by atoms with Crippen molar-refractivity contribution in [3.05, 3.63) is 86.5 Å². The molecular weight excluding hydrogens is 566 g/mol. The van der Waals surface area contributed by atoms with Crippen molar-refractivity contribution < 1.29 is 28.2 Å². The summed E-state index contributed by atoms with van der Waals surface area (Å²) >= 11 is 1.25. The maximum Gasteiger partial charge on any atom is 0.407 e. The summed E-state index contributed by atoms with van der Waals surface area (Å²) < 4.78 is 34.2. The zero-order chi connectivity index (χ0) is 29.6. The molecule has 1 aromatic heterocycles. The number of hydrogen-bond acceptors (Lipinski definition) is 10. The normalized spacial score (nSPS) is 16.4. The Hall–Kier alpha value is -3.36. The van der Waals surface area contributed by atoms with Gasteiger partial charge in [-0.2, -0.15) is 4.31 Å². The Morgan fingerprint density at radius 2 is 1.98 bits per heavy atom. The van der Waals surface area contributed by atoms with E-state index in [4.69, 9.17) is 10.5 Å². The third kappa shape index (κ3) is 8.11. The van der Waals surface area contributed by atoms with Crippen molar-refractivity contribution in [2.24, 2.45) is 16.6 Å².